The Morgan fingerprint density at radius 3 is 2.56 bits per heavy atom. The maximum absolute atomic E-state index is 13.5. The lowest BCUT2D eigenvalue weighted by Gasteiger charge is -2.10. The van der Waals surface area contributed by atoms with E-state index in [1.54, 1.807) is 0 Å². The van der Waals surface area contributed by atoms with Gasteiger partial charge in [0.15, 0.2) is 0 Å². The predicted molar refractivity (Wildman–Crippen MR) is 58.3 cm³/mol. The van der Waals surface area contributed by atoms with E-state index in [4.69, 9.17) is 0 Å². The summed E-state index contributed by atoms with van der Waals surface area (Å²) in [5.74, 6) is -2.09. The first-order valence-electron chi connectivity index (χ1n) is 5.16. The monoisotopic (exact) mass is 227 g/mol. The summed E-state index contributed by atoms with van der Waals surface area (Å²) in [4.78, 5) is 11.6. The smallest absolute Gasteiger partial charge is 0.257 e. The van der Waals surface area contributed by atoms with Crippen LogP contribution in [0.3, 0.4) is 0 Å². The third-order valence-electron chi connectivity index (χ3n) is 2.18. The van der Waals surface area contributed by atoms with Gasteiger partial charge in [-0.1, -0.05) is 19.9 Å². The fourth-order valence-corrected chi connectivity index (χ4v) is 1.25. The van der Waals surface area contributed by atoms with E-state index < -0.39 is 23.1 Å². The van der Waals surface area contributed by atoms with Crippen LogP contribution in [0.25, 0.3) is 0 Å². The lowest BCUT2D eigenvalue weighted by atomic mass is 10.1. The van der Waals surface area contributed by atoms with Gasteiger partial charge in [-0.2, -0.15) is 0 Å². The van der Waals surface area contributed by atoms with Crippen molar-refractivity contribution in [3.8, 4) is 0 Å². The van der Waals surface area contributed by atoms with E-state index in [9.17, 15) is 13.6 Å². The first-order valence-corrected chi connectivity index (χ1v) is 5.16. The van der Waals surface area contributed by atoms with Crippen molar-refractivity contribution in [2.45, 2.75) is 20.8 Å². The molecule has 88 valence electrons. The number of benzene rings is 1. The number of carbonyl (C=O) groups is 1. The SMILES string of the molecule is Cc1ccc(F)c(C(=O)NCC(C)C)c1F. The zero-order valence-electron chi connectivity index (χ0n) is 9.60. The van der Waals surface area contributed by atoms with Crippen LogP contribution in [-0.4, -0.2) is 12.5 Å². The van der Waals surface area contributed by atoms with Crippen LogP contribution in [0.15, 0.2) is 12.1 Å². The molecule has 16 heavy (non-hydrogen) atoms. The summed E-state index contributed by atoms with van der Waals surface area (Å²) in [6.45, 7) is 5.70. The Morgan fingerprint density at radius 1 is 1.38 bits per heavy atom. The lowest BCUT2D eigenvalue weighted by molar-refractivity contribution is 0.0940. The Balaban J connectivity index is 2.95. The van der Waals surface area contributed by atoms with Gasteiger partial charge < -0.3 is 5.32 Å². The van der Waals surface area contributed by atoms with Gasteiger partial charge in [-0.15, -0.1) is 0 Å². The molecule has 0 unspecified atom stereocenters. The van der Waals surface area contributed by atoms with Crippen molar-refractivity contribution >= 4 is 5.91 Å². The summed E-state index contributed by atoms with van der Waals surface area (Å²) in [6, 6.07) is 2.41. The maximum Gasteiger partial charge on any atom is 0.257 e. The van der Waals surface area contributed by atoms with Crippen molar-refractivity contribution in [1.29, 1.82) is 0 Å². The quantitative estimate of drug-likeness (QED) is 0.845. The molecule has 0 fully saturated rings. The minimum Gasteiger partial charge on any atom is -0.352 e. The summed E-state index contributed by atoms with van der Waals surface area (Å²) >= 11 is 0. The van der Waals surface area contributed by atoms with Crippen molar-refractivity contribution in [1.82, 2.24) is 5.32 Å². The molecule has 4 heteroatoms. The zero-order valence-corrected chi connectivity index (χ0v) is 9.60. The van der Waals surface area contributed by atoms with Crippen molar-refractivity contribution in [3.05, 3.63) is 34.9 Å². The molecule has 0 atom stereocenters. The fraction of sp³-hybridized carbons (Fsp3) is 0.417. The Labute approximate surface area is 93.7 Å². The average molecular weight is 227 g/mol. The number of aryl methyl sites for hydroxylation is 1. The highest BCUT2D eigenvalue weighted by atomic mass is 19.1. The number of halogens is 2. The molecule has 0 bridgehead atoms. The molecule has 0 heterocycles. The van der Waals surface area contributed by atoms with Gasteiger partial charge in [0.05, 0.1) is 0 Å². The molecule has 0 aromatic heterocycles. The molecule has 0 saturated heterocycles. The van der Waals surface area contributed by atoms with Gasteiger partial charge in [0.1, 0.15) is 17.2 Å². The second-order valence-electron chi connectivity index (χ2n) is 4.16. The van der Waals surface area contributed by atoms with E-state index in [0.717, 1.165) is 6.07 Å². The molecule has 1 aromatic rings. The van der Waals surface area contributed by atoms with E-state index in [1.807, 2.05) is 13.8 Å². The van der Waals surface area contributed by atoms with Crippen LogP contribution in [0.5, 0.6) is 0 Å². The first-order chi connectivity index (χ1) is 7.43. The van der Waals surface area contributed by atoms with Gasteiger partial charge in [0.25, 0.3) is 5.91 Å². The van der Waals surface area contributed by atoms with Crippen LogP contribution in [-0.2, 0) is 0 Å². The standard InChI is InChI=1S/C12H15F2NO/c1-7(2)6-15-12(16)10-9(13)5-4-8(3)11(10)14/h4-5,7H,6H2,1-3H3,(H,15,16). The van der Waals surface area contributed by atoms with Crippen molar-refractivity contribution in [3.63, 3.8) is 0 Å². The highest BCUT2D eigenvalue weighted by Crippen LogP contribution is 2.16. The average Bonchev–Trinajstić information content (AvgIpc) is 2.21. The molecule has 1 amide bonds. The second-order valence-corrected chi connectivity index (χ2v) is 4.16. The molecule has 0 aliphatic carbocycles. The molecule has 0 aliphatic heterocycles. The van der Waals surface area contributed by atoms with Crippen LogP contribution in [0, 0.1) is 24.5 Å². The molecule has 0 spiro atoms. The lowest BCUT2D eigenvalue weighted by Crippen LogP contribution is -2.29. The van der Waals surface area contributed by atoms with Crippen molar-refractivity contribution < 1.29 is 13.6 Å². The predicted octanol–water partition coefficient (Wildman–Crippen LogP) is 2.66. The molecule has 1 rings (SSSR count). The maximum atomic E-state index is 13.5. The Morgan fingerprint density at radius 2 is 2.00 bits per heavy atom. The minimum absolute atomic E-state index is 0.236. The van der Waals surface area contributed by atoms with Crippen LogP contribution in [0.4, 0.5) is 8.78 Å². The molecule has 0 aliphatic rings. The van der Waals surface area contributed by atoms with E-state index in [2.05, 4.69) is 5.32 Å². The zero-order chi connectivity index (χ0) is 12.3. The summed E-state index contributed by atoms with van der Waals surface area (Å²) in [5.41, 5.74) is -0.239. The van der Waals surface area contributed by atoms with E-state index >= 15 is 0 Å². The van der Waals surface area contributed by atoms with E-state index in [0.29, 0.717) is 6.54 Å². The van der Waals surface area contributed by atoms with Crippen LogP contribution in [0.1, 0.15) is 29.8 Å². The normalized spacial score (nSPS) is 10.6. The Hall–Kier alpha value is -1.45. The van der Waals surface area contributed by atoms with Gasteiger partial charge in [-0.3, -0.25) is 4.79 Å². The summed E-state index contributed by atoms with van der Waals surface area (Å²) in [7, 11) is 0. The third-order valence-corrected chi connectivity index (χ3v) is 2.18. The third kappa shape index (κ3) is 2.78. The molecule has 1 aromatic carbocycles. The fourth-order valence-electron chi connectivity index (χ4n) is 1.25. The van der Waals surface area contributed by atoms with Gasteiger partial charge in [0, 0.05) is 6.54 Å². The highest BCUT2D eigenvalue weighted by molar-refractivity contribution is 5.94. The summed E-state index contributed by atoms with van der Waals surface area (Å²) in [6.07, 6.45) is 0. The van der Waals surface area contributed by atoms with E-state index in [1.165, 1.54) is 13.0 Å². The van der Waals surface area contributed by atoms with Gasteiger partial charge >= 0.3 is 0 Å². The summed E-state index contributed by atoms with van der Waals surface area (Å²) in [5, 5.41) is 2.49. The van der Waals surface area contributed by atoms with Crippen molar-refractivity contribution in [2.75, 3.05) is 6.54 Å². The van der Waals surface area contributed by atoms with Crippen LogP contribution in [0.2, 0.25) is 0 Å². The van der Waals surface area contributed by atoms with Crippen LogP contribution >= 0.6 is 0 Å². The summed E-state index contributed by atoms with van der Waals surface area (Å²) < 4.78 is 26.8. The minimum atomic E-state index is -0.829. The number of hydrogen-bond acceptors (Lipinski definition) is 1. The molecular formula is C12H15F2NO. The molecule has 2 nitrogen and oxygen atoms in total. The number of carbonyl (C=O) groups excluding carboxylic acids is 1. The number of rotatable bonds is 3. The first kappa shape index (κ1) is 12.6. The molecule has 0 radical (unpaired) electrons. The molecule has 0 saturated carbocycles. The van der Waals surface area contributed by atoms with Crippen LogP contribution < -0.4 is 5.32 Å². The Kier molecular flexibility index (Phi) is 3.99. The largest absolute Gasteiger partial charge is 0.352 e. The van der Waals surface area contributed by atoms with Gasteiger partial charge in [0.2, 0.25) is 0 Å². The van der Waals surface area contributed by atoms with Crippen molar-refractivity contribution in [2.24, 2.45) is 5.92 Å². The Bertz CT molecular complexity index is 402. The molecular weight excluding hydrogens is 212 g/mol. The van der Waals surface area contributed by atoms with Gasteiger partial charge in [-0.05, 0) is 24.5 Å². The van der Waals surface area contributed by atoms with Gasteiger partial charge in [-0.25, -0.2) is 8.78 Å². The molecule has 1 N–H and O–H groups in total. The topological polar surface area (TPSA) is 29.1 Å². The van der Waals surface area contributed by atoms with E-state index in [-0.39, 0.29) is 11.5 Å². The number of nitrogens with one attached hydrogen (secondary N) is 1. The highest BCUT2D eigenvalue weighted by Gasteiger charge is 2.18. The second kappa shape index (κ2) is 5.05. The number of hydrogen-bond donors (Lipinski definition) is 1. The number of amides is 1.